The van der Waals surface area contributed by atoms with Gasteiger partial charge in [-0.15, -0.1) is 0 Å². The Bertz CT molecular complexity index is 118. The molecule has 1 heterocycles. The van der Waals surface area contributed by atoms with E-state index >= 15 is 0 Å². The summed E-state index contributed by atoms with van der Waals surface area (Å²) in [6.45, 7) is 6.63. The van der Waals surface area contributed by atoms with Crippen molar-refractivity contribution in [1.29, 1.82) is 0 Å². The highest BCUT2D eigenvalue weighted by atomic mass is 16.7. The lowest BCUT2D eigenvalue weighted by molar-refractivity contribution is -0.142. The van der Waals surface area contributed by atoms with Crippen molar-refractivity contribution < 1.29 is 9.47 Å². The monoisotopic (exact) mass is 187 g/mol. The molecule has 0 aliphatic carbocycles. The first-order chi connectivity index (χ1) is 6.36. The number of rotatable bonds is 6. The van der Waals surface area contributed by atoms with Gasteiger partial charge in [0.2, 0.25) is 0 Å². The maximum atomic E-state index is 5.48. The quantitative estimate of drug-likeness (QED) is 0.640. The third kappa shape index (κ3) is 4.07. The Morgan fingerprint density at radius 2 is 2.00 bits per heavy atom. The van der Waals surface area contributed by atoms with E-state index in [2.05, 4.69) is 5.32 Å². The first-order valence-electron chi connectivity index (χ1n) is 5.33. The first kappa shape index (κ1) is 11.0. The van der Waals surface area contributed by atoms with E-state index in [0.717, 1.165) is 26.2 Å². The summed E-state index contributed by atoms with van der Waals surface area (Å²) in [5.41, 5.74) is 0. The summed E-state index contributed by atoms with van der Waals surface area (Å²) < 4.78 is 11.0. The van der Waals surface area contributed by atoms with E-state index in [1.807, 2.05) is 13.8 Å². The van der Waals surface area contributed by atoms with E-state index in [1.165, 1.54) is 12.8 Å². The molecule has 0 spiro atoms. The van der Waals surface area contributed by atoms with E-state index < -0.39 is 0 Å². The van der Waals surface area contributed by atoms with Crippen LogP contribution in [0.15, 0.2) is 0 Å². The molecule has 3 nitrogen and oxygen atoms in total. The summed E-state index contributed by atoms with van der Waals surface area (Å²) >= 11 is 0. The fourth-order valence-corrected chi connectivity index (χ4v) is 1.75. The lowest BCUT2D eigenvalue weighted by Crippen LogP contribution is -2.29. The van der Waals surface area contributed by atoms with E-state index in [0.29, 0.717) is 6.04 Å². The second-order valence-corrected chi connectivity index (χ2v) is 3.37. The number of hydrogen-bond donors (Lipinski definition) is 1. The molecule has 1 aliphatic rings. The highest BCUT2D eigenvalue weighted by molar-refractivity contribution is 4.75. The number of ether oxygens (including phenoxy) is 2. The van der Waals surface area contributed by atoms with Crippen molar-refractivity contribution in [3.05, 3.63) is 0 Å². The minimum Gasteiger partial charge on any atom is -0.353 e. The van der Waals surface area contributed by atoms with Gasteiger partial charge in [-0.2, -0.15) is 0 Å². The molecule has 13 heavy (non-hydrogen) atoms. The van der Waals surface area contributed by atoms with E-state index in [9.17, 15) is 0 Å². The van der Waals surface area contributed by atoms with Crippen LogP contribution in [-0.2, 0) is 9.47 Å². The van der Waals surface area contributed by atoms with Crippen molar-refractivity contribution in [3.8, 4) is 0 Å². The molecule has 0 aromatic heterocycles. The van der Waals surface area contributed by atoms with Crippen molar-refractivity contribution in [1.82, 2.24) is 5.32 Å². The number of hydrogen-bond acceptors (Lipinski definition) is 3. The molecule has 0 aromatic rings. The van der Waals surface area contributed by atoms with Gasteiger partial charge in [0.05, 0.1) is 0 Å². The zero-order valence-electron chi connectivity index (χ0n) is 8.71. The molecule has 1 saturated heterocycles. The van der Waals surface area contributed by atoms with Crippen LogP contribution in [0.5, 0.6) is 0 Å². The molecule has 1 atom stereocenters. The summed E-state index contributed by atoms with van der Waals surface area (Å²) in [7, 11) is 0. The summed E-state index contributed by atoms with van der Waals surface area (Å²) in [5.74, 6) is 0. The third-order valence-electron chi connectivity index (χ3n) is 2.34. The maximum Gasteiger partial charge on any atom is 0.159 e. The minimum atomic E-state index is -0.00870. The fourth-order valence-electron chi connectivity index (χ4n) is 1.75. The second kappa shape index (κ2) is 6.35. The van der Waals surface area contributed by atoms with Gasteiger partial charge < -0.3 is 14.8 Å². The molecule has 78 valence electrons. The highest BCUT2D eigenvalue weighted by Crippen LogP contribution is 2.13. The van der Waals surface area contributed by atoms with Crippen LogP contribution in [0.25, 0.3) is 0 Å². The Kier molecular flexibility index (Phi) is 5.35. The van der Waals surface area contributed by atoms with Crippen molar-refractivity contribution in [2.24, 2.45) is 0 Å². The largest absolute Gasteiger partial charge is 0.353 e. The lowest BCUT2D eigenvalue weighted by atomic mass is 10.1. The molecule has 0 bridgehead atoms. The van der Waals surface area contributed by atoms with Crippen LogP contribution in [0, 0.1) is 0 Å². The Hall–Kier alpha value is -0.120. The van der Waals surface area contributed by atoms with E-state index in [-0.39, 0.29) is 6.29 Å². The van der Waals surface area contributed by atoms with Crippen molar-refractivity contribution in [2.45, 2.75) is 45.4 Å². The molecule has 0 saturated carbocycles. The van der Waals surface area contributed by atoms with Gasteiger partial charge in [-0.1, -0.05) is 0 Å². The molecule has 1 N–H and O–H groups in total. The van der Waals surface area contributed by atoms with Gasteiger partial charge in [0.15, 0.2) is 6.29 Å². The van der Waals surface area contributed by atoms with Gasteiger partial charge in [-0.05, 0) is 33.2 Å². The standard InChI is InChI=1S/C10H21NO2/c1-3-12-10(13-4-2)8-9-6-5-7-11-9/h9-11H,3-8H2,1-2H3/t9-/m1/s1. The SMILES string of the molecule is CCOC(C[C@H]1CCCN1)OCC. The summed E-state index contributed by atoms with van der Waals surface area (Å²) in [6, 6.07) is 0.600. The van der Waals surface area contributed by atoms with Crippen LogP contribution in [-0.4, -0.2) is 32.1 Å². The molecular weight excluding hydrogens is 166 g/mol. The van der Waals surface area contributed by atoms with Gasteiger partial charge >= 0.3 is 0 Å². The van der Waals surface area contributed by atoms with Crippen LogP contribution >= 0.6 is 0 Å². The van der Waals surface area contributed by atoms with Crippen LogP contribution in [0.3, 0.4) is 0 Å². The van der Waals surface area contributed by atoms with Crippen LogP contribution in [0.4, 0.5) is 0 Å². The zero-order chi connectivity index (χ0) is 9.52. The van der Waals surface area contributed by atoms with Gasteiger partial charge in [-0.3, -0.25) is 0 Å². The third-order valence-corrected chi connectivity index (χ3v) is 2.34. The average Bonchev–Trinajstić information content (AvgIpc) is 2.58. The smallest absolute Gasteiger partial charge is 0.159 e. The number of nitrogens with one attached hydrogen (secondary N) is 1. The van der Waals surface area contributed by atoms with E-state index in [4.69, 9.17) is 9.47 Å². The van der Waals surface area contributed by atoms with Gasteiger partial charge in [-0.25, -0.2) is 0 Å². The Balaban J connectivity index is 2.19. The summed E-state index contributed by atoms with van der Waals surface area (Å²) in [4.78, 5) is 0. The molecule has 0 aromatic carbocycles. The van der Waals surface area contributed by atoms with Gasteiger partial charge in [0.1, 0.15) is 0 Å². The summed E-state index contributed by atoms with van der Waals surface area (Å²) in [6.07, 6.45) is 3.53. The topological polar surface area (TPSA) is 30.5 Å². The van der Waals surface area contributed by atoms with Gasteiger partial charge in [0, 0.05) is 25.7 Å². The van der Waals surface area contributed by atoms with E-state index in [1.54, 1.807) is 0 Å². The first-order valence-corrected chi connectivity index (χ1v) is 5.33. The second-order valence-electron chi connectivity index (χ2n) is 3.37. The lowest BCUT2D eigenvalue weighted by Gasteiger charge is -2.20. The predicted octanol–water partition coefficient (Wildman–Crippen LogP) is 1.53. The Labute approximate surface area is 80.8 Å². The zero-order valence-corrected chi connectivity index (χ0v) is 8.71. The molecule has 1 fully saturated rings. The van der Waals surface area contributed by atoms with Crippen molar-refractivity contribution >= 4 is 0 Å². The molecule has 0 unspecified atom stereocenters. The van der Waals surface area contributed by atoms with Crippen LogP contribution in [0.1, 0.15) is 33.1 Å². The highest BCUT2D eigenvalue weighted by Gasteiger charge is 2.19. The molecule has 1 aliphatic heterocycles. The van der Waals surface area contributed by atoms with Crippen LogP contribution in [0.2, 0.25) is 0 Å². The van der Waals surface area contributed by atoms with Crippen LogP contribution < -0.4 is 5.32 Å². The Morgan fingerprint density at radius 1 is 1.31 bits per heavy atom. The molecular formula is C10H21NO2. The van der Waals surface area contributed by atoms with Crippen molar-refractivity contribution in [3.63, 3.8) is 0 Å². The predicted molar refractivity (Wildman–Crippen MR) is 52.7 cm³/mol. The minimum absolute atomic E-state index is 0.00870. The maximum absolute atomic E-state index is 5.48. The molecule has 1 rings (SSSR count). The summed E-state index contributed by atoms with van der Waals surface area (Å²) in [5, 5.41) is 3.44. The molecule has 3 heteroatoms. The van der Waals surface area contributed by atoms with Gasteiger partial charge in [0.25, 0.3) is 0 Å². The molecule has 0 radical (unpaired) electrons. The fraction of sp³-hybridized carbons (Fsp3) is 1.00. The normalized spacial score (nSPS) is 22.8. The average molecular weight is 187 g/mol. The Morgan fingerprint density at radius 3 is 2.46 bits per heavy atom. The van der Waals surface area contributed by atoms with Crippen molar-refractivity contribution in [2.75, 3.05) is 19.8 Å². The molecule has 0 amide bonds.